The van der Waals surface area contributed by atoms with Crippen molar-refractivity contribution in [2.45, 2.75) is 42.9 Å². The average Bonchev–Trinajstić information content (AvgIpc) is 3.08. The Bertz CT molecular complexity index is 620. The maximum Gasteiger partial charge on any atom is 0.262 e. The first-order valence-electron chi connectivity index (χ1n) is 7.69. The van der Waals surface area contributed by atoms with Gasteiger partial charge in [-0.25, -0.2) is 13.4 Å². The molecule has 1 spiro atoms. The number of nitrogens with zero attached hydrogens (tertiary/aromatic N) is 3. The van der Waals surface area contributed by atoms with Crippen molar-refractivity contribution in [2.75, 3.05) is 26.3 Å². The summed E-state index contributed by atoms with van der Waals surface area (Å²) in [5.74, 6) is 0. The van der Waals surface area contributed by atoms with Gasteiger partial charge in [0.15, 0.2) is 5.03 Å². The van der Waals surface area contributed by atoms with E-state index in [0.717, 1.165) is 6.42 Å². The molecule has 1 atom stereocenters. The van der Waals surface area contributed by atoms with Crippen LogP contribution in [0.2, 0.25) is 0 Å². The molecule has 0 N–H and O–H groups in total. The molecule has 22 heavy (non-hydrogen) atoms. The van der Waals surface area contributed by atoms with E-state index in [1.54, 1.807) is 11.6 Å². The van der Waals surface area contributed by atoms with Gasteiger partial charge in [0, 0.05) is 39.4 Å². The van der Waals surface area contributed by atoms with Crippen molar-refractivity contribution in [1.82, 2.24) is 13.9 Å². The number of imidazole rings is 1. The number of aromatic nitrogens is 2. The minimum Gasteiger partial charge on any atom is -0.376 e. The molecular weight excluding hydrogens is 306 g/mol. The first kappa shape index (κ1) is 15.9. The Hall–Kier alpha value is -0.960. The van der Waals surface area contributed by atoms with Crippen LogP contribution in [0.15, 0.2) is 17.6 Å². The molecule has 0 radical (unpaired) electrons. The van der Waals surface area contributed by atoms with Gasteiger partial charge in [0.2, 0.25) is 0 Å². The Morgan fingerprint density at radius 3 is 2.77 bits per heavy atom. The number of hydrogen-bond donors (Lipinski definition) is 0. The maximum absolute atomic E-state index is 12.6. The summed E-state index contributed by atoms with van der Waals surface area (Å²) in [7, 11) is -1.74. The molecule has 3 heterocycles. The van der Waals surface area contributed by atoms with Crippen molar-refractivity contribution in [3.63, 3.8) is 0 Å². The van der Waals surface area contributed by atoms with Crippen LogP contribution in [-0.4, -0.2) is 60.3 Å². The third-order valence-electron chi connectivity index (χ3n) is 4.50. The lowest BCUT2D eigenvalue weighted by Gasteiger charge is -2.37. The molecule has 1 aromatic rings. The fourth-order valence-corrected chi connectivity index (χ4v) is 4.69. The van der Waals surface area contributed by atoms with Crippen molar-refractivity contribution in [1.29, 1.82) is 0 Å². The van der Waals surface area contributed by atoms with E-state index in [1.165, 1.54) is 16.8 Å². The molecule has 0 unspecified atom stereocenters. The molecule has 7 nitrogen and oxygen atoms in total. The fourth-order valence-electron chi connectivity index (χ4n) is 3.28. The maximum atomic E-state index is 12.6. The molecule has 2 aliphatic heterocycles. The van der Waals surface area contributed by atoms with Crippen molar-refractivity contribution in [2.24, 2.45) is 7.05 Å². The average molecular weight is 329 g/mol. The second-order valence-corrected chi connectivity index (χ2v) is 7.94. The van der Waals surface area contributed by atoms with E-state index >= 15 is 0 Å². The van der Waals surface area contributed by atoms with Gasteiger partial charge in [-0.3, -0.25) is 0 Å². The van der Waals surface area contributed by atoms with E-state index in [2.05, 4.69) is 4.98 Å². The summed E-state index contributed by atoms with van der Waals surface area (Å²) in [4.78, 5) is 3.97. The lowest BCUT2D eigenvalue weighted by atomic mass is 9.89. The zero-order valence-electron chi connectivity index (χ0n) is 13.1. The Kier molecular flexibility index (Phi) is 4.28. The van der Waals surface area contributed by atoms with Crippen LogP contribution in [0.1, 0.15) is 26.2 Å². The second-order valence-electron chi connectivity index (χ2n) is 6.06. The monoisotopic (exact) mass is 329 g/mol. The summed E-state index contributed by atoms with van der Waals surface area (Å²) in [6.07, 6.45) is 5.47. The van der Waals surface area contributed by atoms with Crippen LogP contribution in [0.25, 0.3) is 0 Å². The van der Waals surface area contributed by atoms with Gasteiger partial charge in [0.05, 0.1) is 24.6 Å². The summed E-state index contributed by atoms with van der Waals surface area (Å²) in [5, 5.41) is 0.116. The smallest absolute Gasteiger partial charge is 0.262 e. The molecule has 0 bridgehead atoms. The van der Waals surface area contributed by atoms with Crippen LogP contribution >= 0.6 is 0 Å². The van der Waals surface area contributed by atoms with Crippen LogP contribution in [-0.2, 0) is 26.5 Å². The summed E-state index contributed by atoms with van der Waals surface area (Å²) in [5.41, 5.74) is -0.212. The Balaban J connectivity index is 1.65. The lowest BCUT2D eigenvalue weighted by molar-refractivity contribution is -0.0336. The quantitative estimate of drug-likeness (QED) is 0.816. The highest BCUT2D eigenvalue weighted by atomic mass is 32.2. The summed E-state index contributed by atoms with van der Waals surface area (Å²) in [6, 6.07) is 0. The molecule has 0 aromatic carbocycles. The van der Waals surface area contributed by atoms with Crippen LogP contribution in [0, 0.1) is 0 Å². The summed E-state index contributed by atoms with van der Waals surface area (Å²) in [6.45, 7) is 4.22. The minimum absolute atomic E-state index is 0.116. The molecule has 3 rings (SSSR count). The molecule has 0 aliphatic carbocycles. The number of sulfonamides is 1. The Morgan fingerprint density at radius 1 is 1.45 bits per heavy atom. The lowest BCUT2D eigenvalue weighted by Crippen LogP contribution is -2.46. The summed E-state index contributed by atoms with van der Waals surface area (Å²) < 4.78 is 39.8. The number of aryl methyl sites for hydroxylation is 1. The zero-order chi connectivity index (χ0) is 15.8. The normalized spacial score (nSPS) is 25.8. The van der Waals surface area contributed by atoms with Gasteiger partial charge in [0.1, 0.15) is 0 Å². The molecule has 0 amide bonds. The van der Waals surface area contributed by atoms with Gasteiger partial charge >= 0.3 is 0 Å². The molecule has 1 aromatic heterocycles. The molecule has 124 valence electrons. The Morgan fingerprint density at radius 2 is 2.18 bits per heavy atom. The fraction of sp³-hybridized carbons (Fsp3) is 0.786. The molecule has 2 fully saturated rings. The molecule has 2 aliphatic rings. The molecule has 0 saturated carbocycles. The highest BCUT2D eigenvalue weighted by Gasteiger charge is 2.45. The largest absolute Gasteiger partial charge is 0.376 e. The number of ether oxygens (including phenoxy) is 2. The number of hydrogen-bond acceptors (Lipinski definition) is 5. The van der Waals surface area contributed by atoms with Gasteiger partial charge < -0.3 is 14.0 Å². The molecule has 8 heteroatoms. The molecular formula is C14H23N3O4S. The van der Waals surface area contributed by atoms with E-state index in [0.29, 0.717) is 39.1 Å². The van der Waals surface area contributed by atoms with Crippen LogP contribution in [0.4, 0.5) is 0 Å². The van der Waals surface area contributed by atoms with Gasteiger partial charge in [-0.05, 0) is 19.8 Å². The van der Waals surface area contributed by atoms with Gasteiger partial charge in [-0.2, -0.15) is 4.31 Å². The van der Waals surface area contributed by atoms with Gasteiger partial charge in [-0.15, -0.1) is 0 Å². The van der Waals surface area contributed by atoms with Gasteiger partial charge in [0.25, 0.3) is 10.0 Å². The van der Waals surface area contributed by atoms with Crippen LogP contribution in [0.3, 0.4) is 0 Å². The summed E-state index contributed by atoms with van der Waals surface area (Å²) >= 11 is 0. The van der Waals surface area contributed by atoms with Crippen molar-refractivity contribution >= 4 is 10.0 Å². The minimum atomic E-state index is -3.50. The number of rotatable bonds is 4. The predicted octanol–water partition coefficient (Wildman–Crippen LogP) is 0.769. The standard InChI is InChI=1S/C14H23N3O4S/c1-3-20-12-8-14(21-10-12)4-6-17(7-5-14)22(18,19)13-9-16(2)11-15-13/h9,11-12H,3-8,10H2,1-2H3/t12-/m0/s1. The highest BCUT2D eigenvalue weighted by Crippen LogP contribution is 2.38. The SMILES string of the molecule is CCO[C@@H]1COC2(CCN(S(=O)(=O)c3cn(C)cn3)CC2)C1. The van der Waals surface area contributed by atoms with Crippen LogP contribution in [0.5, 0.6) is 0 Å². The number of piperidine rings is 1. The second kappa shape index (κ2) is 5.92. The van der Waals surface area contributed by atoms with Crippen LogP contribution < -0.4 is 0 Å². The zero-order valence-corrected chi connectivity index (χ0v) is 13.9. The van der Waals surface area contributed by atoms with Crippen molar-refractivity contribution in [3.05, 3.63) is 12.5 Å². The predicted molar refractivity (Wildman–Crippen MR) is 79.9 cm³/mol. The van der Waals surface area contributed by atoms with E-state index in [1.807, 2.05) is 6.92 Å². The van der Waals surface area contributed by atoms with E-state index in [9.17, 15) is 8.42 Å². The first-order chi connectivity index (χ1) is 10.5. The highest BCUT2D eigenvalue weighted by molar-refractivity contribution is 7.89. The van der Waals surface area contributed by atoms with E-state index in [-0.39, 0.29) is 16.7 Å². The third-order valence-corrected chi connectivity index (χ3v) is 6.28. The van der Waals surface area contributed by atoms with Gasteiger partial charge in [-0.1, -0.05) is 0 Å². The third kappa shape index (κ3) is 2.92. The van der Waals surface area contributed by atoms with E-state index in [4.69, 9.17) is 9.47 Å². The van der Waals surface area contributed by atoms with Crippen molar-refractivity contribution < 1.29 is 17.9 Å². The van der Waals surface area contributed by atoms with Crippen molar-refractivity contribution in [3.8, 4) is 0 Å². The Labute approximate surface area is 131 Å². The first-order valence-corrected chi connectivity index (χ1v) is 9.13. The topological polar surface area (TPSA) is 73.7 Å². The molecule has 2 saturated heterocycles. The van der Waals surface area contributed by atoms with E-state index < -0.39 is 10.0 Å².